The number of esters is 1. The fourth-order valence-electron chi connectivity index (χ4n) is 1.96. The zero-order valence-electron chi connectivity index (χ0n) is 13.5. The first-order chi connectivity index (χ1) is 9.85. The number of methoxy groups -OCH3 is 2. The summed E-state index contributed by atoms with van der Waals surface area (Å²) in [5, 5.41) is 0. The van der Waals surface area contributed by atoms with Crippen molar-refractivity contribution in [2.24, 2.45) is 5.41 Å². The molecule has 1 rings (SSSR count). The van der Waals surface area contributed by atoms with Crippen molar-refractivity contribution in [1.29, 1.82) is 0 Å². The summed E-state index contributed by atoms with van der Waals surface area (Å²) in [6.07, 6.45) is 0.312. The lowest BCUT2D eigenvalue weighted by molar-refractivity contribution is -0.164. The van der Waals surface area contributed by atoms with Crippen LogP contribution < -0.4 is 0 Å². The summed E-state index contributed by atoms with van der Waals surface area (Å²) in [4.78, 5) is 27.3. The van der Waals surface area contributed by atoms with Gasteiger partial charge in [0.25, 0.3) is 0 Å². The second-order valence-corrected chi connectivity index (χ2v) is 5.83. The molecular formula is C14H26N2O5. The molecule has 1 heterocycles. The van der Waals surface area contributed by atoms with E-state index < -0.39 is 5.41 Å². The maximum absolute atomic E-state index is 12.2. The molecule has 0 unspecified atom stereocenters. The minimum absolute atomic E-state index is 0.157. The quantitative estimate of drug-likeness (QED) is 0.663. The minimum Gasteiger partial charge on any atom is -0.458 e. The predicted octanol–water partition coefficient (Wildman–Crippen LogP) is 1.28. The van der Waals surface area contributed by atoms with E-state index in [0.717, 1.165) is 0 Å². The molecule has 0 radical (unpaired) electrons. The highest BCUT2D eigenvalue weighted by atomic mass is 16.5. The molecule has 7 nitrogen and oxygen atoms in total. The second-order valence-electron chi connectivity index (χ2n) is 5.83. The highest BCUT2D eigenvalue weighted by Gasteiger charge is 2.36. The largest absolute Gasteiger partial charge is 0.458 e. The Morgan fingerprint density at radius 2 is 1.67 bits per heavy atom. The average Bonchev–Trinajstić information content (AvgIpc) is 2.44. The maximum Gasteiger partial charge on any atom is 0.323 e. The van der Waals surface area contributed by atoms with Gasteiger partial charge in [-0.05, 0) is 20.3 Å². The third-order valence-electron chi connectivity index (χ3n) is 3.67. The zero-order chi connectivity index (χ0) is 16.0. The van der Waals surface area contributed by atoms with E-state index in [9.17, 15) is 9.59 Å². The molecule has 0 atom stereocenters. The molecule has 21 heavy (non-hydrogen) atoms. The number of carbonyl (C=O) groups excluding carboxylic acids is 2. The first kappa shape index (κ1) is 17.7. The number of nitrogens with zero attached hydrogens (tertiary/aromatic N) is 2. The van der Waals surface area contributed by atoms with Crippen LogP contribution in [0.25, 0.3) is 0 Å². The minimum atomic E-state index is -0.528. The van der Waals surface area contributed by atoms with Gasteiger partial charge in [0, 0.05) is 14.2 Å². The van der Waals surface area contributed by atoms with Crippen LogP contribution in [0.3, 0.4) is 0 Å². The Kier molecular flexibility index (Phi) is 6.42. The number of hydrogen-bond donors (Lipinski definition) is 0. The molecule has 2 amide bonds. The van der Waals surface area contributed by atoms with Gasteiger partial charge < -0.3 is 14.2 Å². The van der Waals surface area contributed by atoms with Gasteiger partial charge in [0.15, 0.2) is 0 Å². The smallest absolute Gasteiger partial charge is 0.323 e. The van der Waals surface area contributed by atoms with E-state index in [1.807, 2.05) is 20.8 Å². The monoisotopic (exact) mass is 302 g/mol. The standard InChI is InChI=1S/C14H26N2O5/c1-6-14(2,3)12(17)21-11-7-15(9-19-4)13(18)16(8-11)10-20-5/h11H,6-10H2,1-5H3. The van der Waals surface area contributed by atoms with Crippen LogP contribution in [0.5, 0.6) is 0 Å². The molecule has 1 saturated heterocycles. The molecule has 1 aliphatic heterocycles. The van der Waals surface area contributed by atoms with Gasteiger partial charge in [-0.25, -0.2) is 4.79 Å². The summed E-state index contributed by atoms with van der Waals surface area (Å²) in [5.41, 5.74) is -0.528. The van der Waals surface area contributed by atoms with Crippen LogP contribution in [-0.2, 0) is 19.0 Å². The van der Waals surface area contributed by atoms with Crippen molar-refractivity contribution in [3.63, 3.8) is 0 Å². The third kappa shape index (κ3) is 4.57. The molecule has 122 valence electrons. The molecular weight excluding hydrogens is 276 g/mol. The van der Waals surface area contributed by atoms with Crippen molar-refractivity contribution in [3.05, 3.63) is 0 Å². The molecule has 0 aromatic rings. The normalized spacial score (nSPS) is 17.3. The summed E-state index contributed by atoms with van der Waals surface area (Å²) in [6.45, 7) is 6.62. The Morgan fingerprint density at radius 1 is 1.19 bits per heavy atom. The van der Waals surface area contributed by atoms with Gasteiger partial charge in [-0.2, -0.15) is 0 Å². The highest BCUT2D eigenvalue weighted by molar-refractivity contribution is 5.77. The molecule has 0 aliphatic carbocycles. The number of rotatable bonds is 7. The summed E-state index contributed by atoms with van der Waals surface area (Å²) in [7, 11) is 3.04. The van der Waals surface area contributed by atoms with Gasteiger partial charge >= 0.3 is 12.0 Å². The molecule has 1 fully saturated rings. The zero-order valence-corrected chi connectivity index (χ0v) is 13.5. The summed E-state index contributed by atoms with van der Waals surface area (Å²) in [6, 6.07) is -0.180. The fourth-order valence-corrected chi connectivity index (χ4v) is 1.96. The summed E-state index contributed by atoms with van der Waals surface area (Å²) >= 11 is 0. The SMILES string of the molecule is CCC(C)(C)C(=O)OC1CN(COC)C(=O)N(COC)C1. The lowest BCUT2D eigenvalue weighted by atomic mass is 9.90. The number of urea groups is 1. The Bertz CT molecular complexity index is 354. The lowest BCUT2D eigenvalue weighted by Crippen LogP contribution is -2.57. The third-order valence-corrected chi connectivity index (χ3v) is 3.67. The number of amides is 2. The molecule has 0 bridgehead atoms. The summed E-state index contributed by atoms with van der Waals surface area (Å²) < 4.78 is 15.6. The van der Waals surface area contributed by atoms with Gasteiger partial charge in [-0.3, -0.25) is 14.6 Å². The van der Waals surface area contributed by atoms with Gasteiger partial charge in [0.1, 0.15) is 19.6 Å². The Balaban J connectivity index is 2.73. The van der Waals surface area contributed by atoms with E-state index in [-0.39, 0.29) is 31.6 Å². The van der Waals surface area contributed by atoms with Crippen LogP contribution in [0.4, 0.5) is 4.79 Å². The van der Waals surface area contributed by atoms with E-state index in [2.05, 4.69) is 0 Å². The van der Waals surface area contributed by atoms with Crippen molar-refractivity contribution in [2.45, 2.75) is 33.3 Å². The van der Waals surface area contributed by atoms with Gasteiger partial charge in [0.2, 0.25) is 0 Å². The number of hydrogen-bond acceptors (Lipinski definition) is 5. The second kappa shape index (κ2) is 7.61. The van der Waals surface area contributed by atoms with Crippen LogP contribution >= 0.6 is 0 Å². The molecule has 7 heteroatoms. The molecule has 0 aromatic carbocycles. The van der Waals surface area contributed by atoms with Crippen LogP contribution in [-0.4, -0.2) is 68.7 Å². The highest BCUT2D eigenvalue weighted by Crippen LogP contribution is 2.23. The van der Waals surface area contributed by atoms with E-state index in [1.54, 1.807) is 0 Å². The van der Waals surface area contributed by atoms with E-state index in [1.165, 1.54) is 24.0 Å². The topological polar surface area (TPSA) is 68.3 Å². The number of carbonyl (C=O) groups is 2. The van der Waals surface area contributed by atoms with Crippen molar-refractivity contribution < 1.29 is 23.8 Å². The molecule has 0 saturated carbocycles. The first-order valence-electron chi connectivity index (χ1n) is 7.08. The predicted molar refractivity (Wildman–Crippen MR) is 76.5 cm³/mol. The molecule has 0 aromatic heterocycles. The maximum atomic E-state index is 12.2. The van der Waals surface area contributed by atoms with Crippen LogP contribution in [0.1, 0.15) is 27.2 Å². The van der Waals surface area contributed by atoms with E-state index in [0.29, 0.717) is 19.5 Å². The Labute approximate surface area is 126 Å². The average molecular weight is 302 g/mol. The van der Waals surface area contributed by atoms with Crippen LogP contribution in [0.2, 0.25) is 0 Å². The number of ether oxygens (including phenoxy) is 3. The van der Waals surface area contributed by atoms with E-state index >= 15 is 0 Å². The summed E-state index contributed by atoms with van der Waals surface area (Å²) in [5.74, 6) is -0.251. The van der Waals surface area contributed by atoms with Crippen molar-refractivity contribution in [1.82, 2.24) is 9.80 Å². The Hall–Kier alpha value is -1.34. The fraction of sp³-hybridized carbons (Fsp3) is 0.857. The molecule has 0 spiro atoms. The van der Waals surface area contributed by atoms with Crippen LogP contribution in [0.15, 0.2) is 0 Å². The lowest BCUT2D eigenvalue weighted by Gasteiger charge is -2.39. The molecule has 1 aliphatic rings. The van der Waals surface area contributed by atoms with Crippen molar-refractivity contribution >= 4 is 12.0 Å². The first-order valence-corrected chi connectivity index (χ1v) is 7.08. The van der Waals surface area contributed by atoms with Crippen molar-refractivity contribution in [2.75, 3.05) is 40.8 Å². The van der Waals surface area contributed by atoms with Crippen LogP contribution in [0, 0.1) is 5.41 Å². The molecule has 0 N–H and O–H groups in total. The van der Waals surface area contributed by atoms with Gasteiger partial charge in [0.05, 0.1) is 18.5 Å². The van der Waals surface area contributed by atoms with Gasteiger partial charge in [-0.1, -0.05) is 6.92 Å². The van der Waals surface area contributed by atoms with E-state index in [4.69, 9.17) is 14.2 Å². The van der Waals surface area contributed by atoms with Crippen molar-refractivity contribution in [3.8, 4) is 0 Å². The van der Waals surface area contributed by atoms with Gasteiger partial charge in [-0.15, -0.1) is 0 Å². The Morgan fingerprint density at radius 3 is 2.05 bits per heavy atom.